The van der Waals surface area contributed by atoms with Crippen LogP contribution in [0.4, 0.5) is 0 Å². The van der Waals surface area contributed by atoms with Crippen molar-refractivity contribution in [1.82, 2.24) is 4.90 Å². The molecule has 0 aromatic heterocycles. The molecule has 1 aromatic rings. The fraction of sp³-hybridized carbons (Fsp3) is 0.600. The van der Waals surface area contributed by atoms with Gasteiger partial charge < -0.3 is 10.0 Å². The molecule has 1 aliphatic rings. The van der Waals surface area contributed by atoms with Gasteiger partial charge in [0.05, 0.1) is 0 Å². The second-order valence-corrected chi connectivity index (χ2v) is 5.47. The Morgan fingerprint density at radius 1 is 1.44 bits per heavy atom. The van der Waals surface area contributed by atoms with Gasteiger partial charge in [-0.3, -0.25) is 0 Å². The summed E-state index contributed by atoms with van der Waals surface area (Å²) in [6.07, 6.45) is 2.33. The fourth-order valence-electron chi connectivity index (χ4n) is 3.34. The average Bonchev–Trinajstić information content (AvgIpc) is 2.30. The first kappa shape index (κ1) is 15.5. The van der Waals surface area contributed by atoms with Gasteiger partial charge in [-0.15, -0.1) is 17.0 Å². The molecule has 102 valence electrons. The second kappa shape index (κ2) is 6.07. The first-order chi connectivity index (χ1) is 8.08. The SMILES string of the molecule is Br.CCC1(c2cccc(O)c2)CCN(C)CC1C. The van der Waals surface area contributed by atoms with E-state index in [-0.39, 0.29) is 22.4 Å². The second-order valence-electron chi connectivity index (χ2n) is 5.47. The lowest BCUT2D eigenvalue weighted by Crippen LogP contribution is -2.47. The largest absolute Gasteiger partial charge is 0.508 e. The van der Waals surface area contributed by atoms with Crippen molar-refractivity contribution < 1.29 is 5.11 Å². The number of phenols is 1. The molecule has 0 aliphatic carbocycles. The zero-order chi connectivity index (χ0) is 12.5. The molecule has 1 N–H and O–H groups in total. The van der Waals surface area contributed by atoms with Crippen molar-refractivity contribution in [3.05, 3.63) is 29.8 Å². The summed E-state index contributed by atoms with van der Waals surface area (Å²) in [7, 11) is 2.19. The smallest absolute Gasteiger partial charge is 0.115 e. The molecule has 2 nitrogen and oxygen atoms in total. The van der Waals surface area contributed by atoms with Gasteiger partial charge in [0.2, 0.25) is 0 Å². The molecule has 3 heteroatoms. The van der Waals surface area contributed by atoms with Crippen LogP contribution < -0.4 is 0 Å². The standard InChI is InChI=1S/C15H23NO.BrH/c1-4-15(8-9-16(3)11-12(15)2)13-6-5-7-14(17)10-13;/h5-7,10,12,17H,4,8-9,11H2,1-3H3;1H. The molecule has 18 heavy (non-hydrogen) atoms. The van der Waals surface area contributed by atoms with E-state index in [0.29, 0.717) is 11.7 Å². The molecule has 1 saturated heterocycles. The zero-order valence-electron chi connectivity index (χ0n) is 11.5. The predicted octanol–water partition coefficient (Wildman–Crippen LogP) is 3.59. The summed E-state index contributed by atoms with van der Waals surface area (Å²) in [6.45, 7) is 6.90. The lowest BCUT2D eigenvalue weighted by molar-refractivity contribution is 0.117. The Balaban J connectivity index is 0.00000162. The van der Waals surface area contributed by atoms with Gasteiger partial charge in [-0.1, -0.05) is 26.0 Å². The van der Waals surface area contributed by atoms with Crippen molar-refractivity contribution in [2.24, 2.45) is 5.92 Å². The molecule has 0 bridgehead atoms. The highest BCUT2D eigenvalue weighted by Crippen LogP contribution is 2.42. The van der Waals surface area contributed by atoms with Crippen LogP contribution in [0.5, 0.6) is 5.75 Å². The van der Waals surface area contributed by atoms with Crippen LogP contribution in [0.3, 0.4) is 0 Å². The van der Waals surface area contributed by atoms with Gasteiger partial charge in [-0.25, -0.2) is 0 Å². The number of benzene rings is 1. The van der Waals surface area contributed by atoms with E-state index in [9.17, 15) is 5.11 Å². The minimum absolute atomic E-state index is 0. The highest BCUT2D eigenvalue weighted by Gasteiger charge is 2.39. The Morgan fingerprint density at radius 2 is 2.17 bits per heavy atom. The van der Waals surface area contributed by atoms with Crippen LogP contribution in [-0.4, -0.2) is 30.1 Å². The van der Waals surface area contributed by atoms with Crippen LogP contribution in [-0.2, 0) is 5.41 Å². The number of hydrogen-bond donors (Lipinski definition) is 1. The van der Waals surface area contributed by atoms with Crippen LogP contribution in [0.15, 0.2) is 24.3 Å². The zero-order valence-corrected chi connectivity index (χ0v) is 13.2. The van der Waals surface area contributed by atoms with E-state index in [1.165, 1.54) is 12.0 Å². The number of piperidine rings is 1. The highest BCUT2D eigenvalue weighted by atomic mass is 79.9. The van der Waals surface area contributed by atoms with Crippen molar-refractivity contribution in [2.45, 2.75) is 32.1 Å². The maximum absolute atomic E-state index is 9.68. The van der Waals surface area contributed by atoms with Crippen molar-refractivity contribution >= 4 is 17.0 Å². The van der Waals surface area contributed by atoms with Crippen molar-refractivity contribution in [2.75, 3.05) is 20.1 Å². The average molecular weight is 314 g/mol. The monoisotopic (exact) mass is 313 g/mol. The van der Waals surface area contributed by atoms with E-state index in [1.807, 2.05) is 12.1 Å². The summed E-state index contributed by atoms with van der Waals surface area (Å²) in [5.41, 5.74) is 1.55. The first-order valence-electron chi connectivity index (χ1n) is 6.56. The summed E-state index contributed by atoms with van der Waals surface area (Å²) in [6, 6.07) is 7.84. The molecule has 1 aromatic carbocycles. The molecular formula is C15H24BrNO. The summed E-state index contributed by atoms with van der Waals surface area (Å²) < 4.78 is 0. The van der Waals surface area contributed by atoms with Gasteiger partial charge in [0, 0.05) is 12.0 Å². The molecule has 2 rings (SSSR count). The van der Waals surface area contributed by atoms with Crippen LogP contribution in [0.1, 0.15) is 32.3 Å². The van der Waals surface area contributed by atoms with Gasteiger partial charge >= 0.3 is 0 Å². The maximum atomic E-state index is 9.68. The number of halogens is 1. The normalized spacial score (nSPS) is 28.7. The molecule has 0 radical (unpaired) electrons. The first-order valence-corrected chi connectivity index (χ1v) is 6.56. The molecule has 1 fully saturated rings. The maximum Gasteiger partial charge on any atom is 0.115 e. The number of aromatic hydroxyl groups is 1. The summed E-state index contributed by atoms with van der Waals surface area (Å²) in [5.74, 6) is 1.02. The number of phenolic OH excluding ortho intramolecular Hbond substituents is 1. The van der Waals surface area contributed by atoms with E-state index in [0.717, 1.165) is 19.5 Å². The van der Waals surface area contributed by atoms with Crippen molar-refractivity contribution in [3.8, 4) is 5.75 Å². The van der Waals surface area contributed by atoms with Crippen LogP contribution in [0.25, 0.3) is 0 Å². The highest BCUT2D eigenvalue weighted by molar-refractivity contribution is 8.93. The van der Waals surface area contributed by atoms with E-state index in [2.05, 4.69) is 31.9 Å². The number of rotatable bonds is 2. The Bertz CT molecular complexity index is 396. The molecule has 2 unspecified atom stereocenters. The third kappa shape index (κ3) is 2.72. The van der Waals surface area contributed by atoms with E-state index < -0.39 is 0 Å². The van der Waals surface area contributed by atoms with E-state index in [1.54, 1.807) is 6.07 Å². The van der Waals surface area contributed by atoms with Crippen LogP contribution in [0.2, 0.25) is 0 Å². The Hall–Kier alpha value is -0.540. The van der Waals surface area contributed by atoms with Gasteiger partial charge in [-0.05, 0) is 50.0 Å². The van der Waals surface area contributed by atoms with Crippen LogP contribution >= 0.6 is 17.0 Å². The predicted molar refractivity (Wildman–Crippen MR) is 81.7 cm³/mol. The molecule has 2 atom stereocenters. The molecule has 0 amide bonds. The van der Waals surface area contributed by atoms with Gasteiger partial charge in [-0.2, -0.15) is 0 Å². The Kier molecular flexibility index (Phi) is 5.23. The lowest BCUT2D eigenvalue weighted by atomic mass is 9.65. The third-order valence-electron chi connectivity index (χ3n) is 4.52. The summed E-state index contributed by atoms with van der Waals surface area (Å²) in [4.78, 5) is 2.40. The Labute approximate surface area is 121 Å². The van der Waals surface area contributed by atoms with Crippen molar-refractivity contribution in [1.29, 1.82) is 0 Å². The minimum atomic E-state index is 0. The fourth-order valence-corrected chi connectivity index (χ4v) is 3.34. The lowest BCUT2D eigenvalue weighted by Gasteiger charge is -2.46. The Morgan fingerprint density at radius 3 is 2.72 bits per heavy atom. The molecule has 0 saturated carbocycles. The van der Waals surface area contributed by atoms with E-state index in [4.69, 9.17) is 0 Å². The molecular weight excluding hydrogens is 290 g/mol. The van der Waals surface area contributed by atoms with Gasteiger partial charge in [0.15, 0.2) is 0 Å². The minimum Gasteiger partial charge on any atom is -0.508 e. The quantitative estimate of drug-likeness (QED) is 0.902. The van der Waals surface area contributed by atoms with E-state index >= 15 is 0 Å². The topological polar surface area (TPSA) is 23.5 Å². The van der Waals surface area contributed by atoms with Crippen LogP contribution in [0, 0.1) is 5.92 Å². The van der Waals surface area contributed by atoms with Gasteiger partial charge in [0.25, 0.3) is 0 Å². The van der Waals surface area contributed by atoms with Gasteiger partial charge in [0.1, 0.15) is 5.75 Å². The summed E-state index contributed by atoms with van der Waals surface area (Å²) >= 11 is 0. The van der Waals surface area contributed by atoms with Crippen molar-refractivity contribution in [3.63, 3.8) is 0 Å². The molecule has 1 heterocycles. The molecule has 0 spiro atoms. The number of hydrogen-bond acceptors (Lipinski definition) is 2. The molecule has 1 aliphatic heterocycles. The third-order valence-corrected chi connectivity index (χ3v) is 4.52. The summed E-state index contributed by atoms with van der Waals surface area (Å²) in [5, 5.41) is 9.68. The number of likely N-dealkylation sites (tertiary alicyclic amines) is 1. The number of nitrogens with zero attached hydrogens (tertiary/aromatic N) is 1.